The predicted molar refractivity (Wildman–Crippen MR) is 95.1 cm³/mol. The summed E-state index contributed by atoms with van der Waals surface area (Å²) in [7, 11) is 0. The summed E-state index contributed by atoms with van der Waals surface area (Å²) < 4.78 is 6.06. The molecule has 25 heavy (non-hydrogen) atoms. The molecular weight excluding hydrogens is 318 g/mol. The molecular formula is C19H27N3O3. The molecule has 3 amide bonds. The summed E-state index contributed by atoms with van der Waals surface area (Å²) in [4.78, 5) is 28.1. The maximum absolute atomic E-state index is 12.4. The summed E-state index contributed by atoms with van der Waals surface area (Å²) in [6, 6.07) is 10.3. The third-order valence-electron chi connectivity index (χ3n) is 5.20. The first-order valence-electron chi connectivity index (χ1n) is 8.87. The number of hydrogen-bond donors (Lipinski definition) is 1. The van der Waals surface area contributed by atoms with Crippen LogP contribution in [-0.2, 0) is 9.53 Å². The van der Waals surface area contributed by atoms with Gasteiger partial charge in [0, 0.05) is 25.2 Å². The van der Waals surface area contributed by atoms with Crippen LogP contribution in [0.3, 0.4) is 0 Å². The molecule has 0 aromatic heterocycles. The number of benzene rings is 1. The number of morpholine rings is 1. The highest BCUT2D eigenvalue weighted by atomic mass is 16.5. The van der Waals surface area contributed by atoms with Gasteiger partial charge in [0.25, 0.3) is 5.91 Å². The van der Waals surface area contributed by atoms with Gasteiger partial charge in [0.2, 0.25) is 0 Å². The average molecular weight is 345 g/mol. The van der Waals surface area contributed by atoms with Crippen LogP contribution < -0.4 is 5.32 Å². The van der Waals surface area contributed by atoms with Crippen LogP contribution in [-0.4, -0.2) is 59.1 Å². The lowest BCUT2D eigenvalue weighted by atomic mass is 9.98. The van der Waals surface area contributed by atoms with Crippen molar-refractivity contribution < 1.29 is 14.3 Å². The van der Waals surface area contributed by atoms with Gasteiger partial charge in [-0.2, -0.15) is 0 Å². The van der Waals surface area contributed by atoms with Gasteiger partial charge in [0.15, 0.2) is 0 Å². The molecule has 0 aliphatic carbocycles. The molecule has 2 saturated heterocycles. The molecule has 0 saturated carbocycles. The standard InChI is InChI=1S/C19H27N3O3/c1-13-12-25-16(15-8-6-5-7-9-15)14(2)21(13)10-11-22-17(23)19(3,4)20-18(22)24/h5-9,13-14,16H,10-12H2,1-4H3,(H,20,24). The lowest BCUT2D eigenvalue weighted by Gasteiger charge is -2.44. The van der Waals surface area contributed by atoms with E-state index in [0.717, 1.165) is 5.56 Å². The quantitative estimate of drug-likeness (QED) is 0.850. The van der Waals surface area contributed by atoms with Crippen molar-refractivity contribution in [2.24, 2.45) is 0 Å². The van der Waals surface area contributed by atoms with Crippen molar-refractivity contribution >= 4 is 11.9 Å². The topological polar surface area (TPSA) is 61.9 Å². The minimum atomic E-state index is -0.814. The second-order valence-electron chi connectivity index (χ2n) is 7.50. The van der Waals surface area contributed by atoms with Crippen LogP contribution in [0.25, 0.3) is 0 Å². The number of carbonyl (C=O) groups is 2. The molecule has 1 aromatic rings. The van der Waals surface area contributed by atoms with E-state index in [1.165, 1.54) is 4.90 Å². The maximum atomic E-state index is 12.4. The number of ether oxygens (including phenoxy) is 1. The van der Waals surface area contributed by atoms with Crippen molar-refractivity contribution in [3.05, 3.63) is 35.9 Å². The lowest BCUT2D eigenvalue weighted by molar-refractivity contribution is -0.131. The van der Waals surface area contributed by atoms with Gasteiger partial charge in [-0.1, -0.05) is 30.3 Å². The molecule has 2 aliphatic heterocycles. The van der Waals surface area contributed by atoms with E-state index in [2.05, 4.69) is 36.2 Å². The van der Waals surface area contributed by atoms with Gasteiger partial charge in [-0.05, 0) is 33.3 Å². The zero-order valence-electron chi connectivity index (χ0n) is 15.4. The smallest absolute Gasteiger partial charge is 0.325 e. The van der Waals surface area contributed by atoms with Crippen LogP contribution in [0.2, 0.25) is 0 Å². The maximum Gasteiger partial charge on any atom is 0.325 e. The van der Waals surface area contributed by atoms with Crippen molar-refractivity contribution in [2.45, 2.75) is 51.4 Å². The van der Waals surface area contributed by atoms with E-state index in [9.17, 15) is 9.59 Å². The second-order valence-corrected chi connectivity index (χ2v) is 7.50. The summed E-state index contributed by atoms with van der Waals surface area (Å²) in [5.41, 5.74) is 0.342. The molecule has 2 heterocycles. The molecule has 136 valence electrons. The van der Waals surface area contributed by atoms with Crippen LogP contribution in [0.15, 0.2) is 30.3 Å². The number of nitrogens with one attached hydrogen (secondary N) is 1. The number of carbonyl (C=O) groups excluding carboxylic acids is 2. The summed E-state index contributed by atoms with van der Waals surface area (Å²) >= 11 is 0. The van der Waals surface area contributed by atoms with Crippen LogP contribution in [0.5, 0.6) is 0 Å². The van der Waals surface area contributed by atoms with E-state index < -0.39 is 5.54 Å². The van der Waals surface area contributed by atoms with Gasteiger partial charge < -0.3 is 10.1 Å². The Labute approximate surface area is 149 Å². The largest absolute Gasteiger partial charge is 0.370 e. The first-order chi connectivity index (χ1) is 11.8. The van der Waals surface area contributed by atoms with Crippen molar-refractivity contribution in [1.82, 2.24) is 15.1 Å². The summed E-state index contributed by atoms with van der Waals surface area (Å²) in [5.74, 6) is -0.161. The summed E-state index contributed by atoms with van der Waals surface area (Å²) in [6.07, 6.45) is -0.00283. The third-order valence-corrected chi connectivity index (χ3v) is 5.20. The van der Waals surface area contributed by atoms with Crippen LogP contribution in [0.1, 0.15) is 39.4 Å². The SMILES string of the molecule is CC1COC(c2ccccc2)C(C)N1CCN1C(=O)NC(C)(C)C1=O. The number of urea groups is 1. The highest BCUT2D eigenvalue weighted by Crippen LogP contribution is 2.30. The number of imide groups is 1. The van der Waals surface area contributed by atoms with E-state index in [1.807, 2.05) is 18.2 Å². The highest BCUT2D eigenvalue weighted by Gasteiger charge is 2.44. The highest BCUT2D eigenvalue weighted by molar-refractivity contribution is 6.06. The van der Waals surface area contributed by atoms with Crippen LogP contribution >= 0.6 is 0 Å². The number of hydrogen-bond acceptors (Lipinski definition) is 4. The Morgan fingerprint density at radius 2 is 1.84 bits per heavy atom. The zero-order chi connectivity index (χ0) is 18.2. The van der Waals surface area contributed by atoms with Gasteiger partial charge in [-0.25, -0.2) is 4.79 Å². The first kappa shape index (κ1) is 17.9. The minimum absolute atomic E-state index is 0.00283. The van der Waals surface area contributed by atoms with Crippen LogP contribution in [0, 0.1) is 0 Å². The Hall–Kier alpha value is -1.92. The molecule has 0 bridgehead atoms. The van der Waals surface area contributed by atoms with Gasteiger partial charge in [-0.3, -0.25) is 14.6 Å². The second kappa shape index (κ2) is 6.77. The average Bonchev–Trinajstić information content (AvgIpc) is 2.76. The number of nitrogens with zero attached hydrogens (tertiary/aromatic N) is 2. The molecule has 6 heteroatoms. The Bertz CT molecular complexity index is 647. The molecule has 1 N–H and O–H groups in total. The van der Waals surface area contributed by atoms with Gasteiger partial charge in [-0.15, -0.1) is 0 Å². The fourth-order valence-corrected chi connectivity index (χ4v) is 3.73. The molecule has 1 aromatic carbocycles. The van der Waals surface area contributed by atoms with E-state index >= 15 is 0 Å². The monoisotopic (exact) mass is 345 g/mol. The fraction of sp³-hybridized carbons (Fsp3) is 0.579. The summed E-state index contributed by atoms with van der Waals surface area (Å²) in [5, 5.41) is 2.73. The molecule has 2 fully saturated rings. The summed E-state index contributed by atoms with van der Waals surface area (Å²) in [6.45, 7) is 9.40. The molecule has 3 rings (SSSR count). The van der Waals surface area contributed by atoms with E-state index in [0.29, 0.717) is 19.7 Å². The Morgan fingerprint density at radius 1 is 1.16 bits per heavy atom. The normalized spacial score (nSPS) is 29.8. The Balaban J connectivity index is 1.68. The third kappa shape index (κ3) is 3.41. The molecule has 6 nitrogen and oxygen atoms in total. The fourth-order valence-electron chi connectivity index (χ4n) is 3.73. The van der Waals surface area contributed by atoms with E-state index in [1.54, 1.807) is 13.8 Å². The van der Waals surface area contributed by atoms with Crippen molar-refractivity contribution in [2.75, 3.05) is 19.7 Å². The van der Waals surface area contributed by atoms with E-state index in [-0.39, 0.29) is 30.1 Å². The van der Waals surface area contributed by atoms with Gasteiger partial charge >= 0.3 is 6.03 Å². The number of rotatable bonds is 4. The van der Waals surface area contributed by atoms with Crippen LogP contribution in [0.4, 0.5) is 4.79 Å². The zero-order valence-corrected chi connectivity index (χ0v) is 15.4. The molecule has 0 spiro atoms. The van der Waals surface area contributed by atoms with Crippen molar-refractivity contribution in [3.8, 4) is 0 Å². The van der Waals surface area contributed by atoms with Crippen molar-refractivity contribution in [1.29, 1.82) is 0 Å². The Kier molecular flexibility index (Phi) is 4.84. The number of amides is 3. The van der Waals surface area contributed by atoms with E-state index in [4.69, 9.17) is 4.74 Å². The van der Waals surface area contributed by atoms with Crippen molar-refractivity contribution in [3.63, 3.8) is 0 Å². The Morgan fingerprint density at radius 3 is 2.44 bits per heavy atom. The minimum Gasteiger partial charge on any atom is -0.370 e. The molecule has 0 radical (unpaired) electrons. The predicted octanol–water partition coefficient (Wildman–Crippen LogP) is 2.17. The van der Waals surface area contributed by atoms with Gasteiger partial charge in [0.05, 0.1) is 12.7 Å². The first-order valence-corrected chi connectivity index (χ1v) is 8.87. The lowest BCUT2D eigenvalue weighted by Crippen LogP contribution is -2.53. The molecule has 2 aliphatic rings. The molecule has 3 unspecified atom stereocenters. The molecule has 3 atom stereocenters. The van der Waals surface area contributed by atoms with Gasteiger partial charge in [0.1, 0.15) is 5.54 Å².